The summed E-state index contributed by atoms with van der Waals surface area (Å²) in [6, 6.07) is 8.56. The number of amides is 2. The molecule has 1 unspecified atom stereocenters. The van der Waals surface area contributed by atoms with Gasteiger partial charge in [0.25, 0.3) is 0 Å². The summed E-state index contributed by atoms with van der Waals surface area (Å²) in [7, 11) is 0. The van der Waals surface area contributed by atoms with Crippen LogP contribution in [0, 0.1) is 20.8 Å². The second-order valence-corrected chi connectivity index (χ2v) is 11.1. The minimum Gasteiger partial charge on any atom is -0.337 e. The summed E-state index contributed by atoms with van der Waals surface area (Å²) in [4.78, 5) is 18.8. The standard InChI is InChI=1S/C27H41N3OS2/c1-7-10-11-12-13-22(23-16-19(4)14-15-20(23)5)18-28-27(31)30-25-24(32-8-2)17-21(6)29-26(25)33-9-3/h14-17,22H,7-13,18H2,1-6H3,(H2,28,30,31). The van der Waals surface area contributed by atoms with Crippen LogP contribution in [0.15, 0.2) is 34.2 Å². The number of anilines is 1. The molecule has 2 N–H and O–H groups in total. The molecule has 2 amide bonds. The molecule has 0 aliphatic rings. The molecule has 2 rings (SSSR count). The lowest BCUT2D eigenvalue weighted by Gasteiger charge is -2.22. The van der Waals surface area contributed by atoms with Crippen LogP contribution in [-0.2, 0) is 0 Å². The highest BCUT2D eigenvalue weighted by molar-refractivity contribution is 8.00. The van der Waals surface area contributed by atoms with Crippen molar-refractivity contribution in [3.63, 3.8) is 0 Å². The van der Waals surface area contributed by atoms with E-state index in [1.807, 2.05) is 6.92 Å². The first-order valence-corrected chi connectivity index (χ1v) is 14.3. The maximum atomic E-state index is 13.0. The summed E-state index contributed by atoms with van der Waals surface area (Å²) in [5.74, 6) is 2.18. The number of carbonyl (C=O) groups is 1. The molecule has 4 nitrogen and oxygen atoms in total. The number of unbranched alkanes of at least 4 members (excludes halogenated alkanes) is 3. The summed E-state index contributed by atoms with van der Waals surface area (Å²) < 4.78 is 0. The Morgan fingerprint density at radius 2 is 1.76 bits per heavy atom. The average molecular weight is 488 g/mol. The highest BCUT2D eigenvalue weighted by Crippen LogP contribution is 2.35. The summed E-state index contributed by atoms with van der Waals surface area (Å²) in [6.45, 7) is 13.4. The fourth-order valence-electron chi connectivity index (χ4n) is 4.00. The lowest BCUT2D eigenvalue weighted by atomic mass is 9.89. The number of thioether (sulfide) groups is 2. The van der Waals surface area contributed by atoms with E-state index in [1.54, 1.807) is 23.5 Å². The van der Waals surface area contributed by atoms with Crippen LogP contribution >= 0.6 is 23.5 Å². The van der Waals surface area contributed by atoms with Crippen molar-refractivity contribution in [3.05, 3.63) is 46.6 Å². The van der Waals surface area contributed by atoms with Crippen molar-refractivity contribution in [2.24, 2.45) is 0 Å². The summed E-state index contributed by atoms with van der Waals surface area (Å²) >= 11 is 3.41. The lowest BCUT2D eigenvalue weighted by Crippen LogP contribution is -2.33. The Labute approximate surface area is 209 Å². The molecule has 1 heterocycles. The van der Waals surface area contributed by atoms with Crippen LogP contribution in [0.4, 0.5) is 10.5 Å². The third kappa shape index (κ3) is 8.90. The fourth-order valence-corrected chi connectivity index (χ4v) is 5.71. The molecule has 0 fully saturated rings. The second-order valence-electron chi connectivity index (χ2n) is 8.55. The largest absolute Gasteiger partial charge is 0.337 e. The van der Waals surface area contributed by atoms with Crippen molar-refractivity contribution in [1.29, 1.82) is 0 Å². The van der Waals surface area contributed by atoms with Crippen molar-refractivity contribution in [1.82, 2.24) is 10.3 Å². The van der Waals surface area contributed by atoms with Gasteiger partial charge < -0.3 is 10.6 Å². The third-order valence-electron chi connectivity index (χ3n) is 5.69. The van der Waals surface area contributed by atoms with Crippen LogP contribution in [0.25, 0.3) is 0 Å². The van der Waals surface area contributed by atoms with Crippen molar-refractivity contribution in [3.8, 4) is 0 Å². The zero-order valence-electron chi connectivity index (χ0n) is 21.2. The summed E-state index contributed by atoms with van der Waals surface area (Å²) in [6.07, 6.45) is 6.02. The molecule has 0 bridgehead atoms. The lowest BCUT2D eigenvalue weighted by molar-refractivity contribution is 0.251. The molecule has 33 heavy (non-hydrogen) atoms. The Kier molecular flexibility index (Phi) is 12.2. The molecule has 182 valence electrons. The number of rotatable bonds is 13. The van der Waals surface area contributed by atoms with Gasteiger partial charge in [0.05, 0.1) is 5.69 Å². The van der Waals surface area contributed by atoms with Crippen molar-refractivity contribution in [2.75, 3.05) is 23.4 Å². The number of nitrogens with one attached hydrogen (secondary N) is 2. The number of carbonyl (C=O) groups excluding carboxylic acids is 1. The topological polar surface area (TPSA) is 54.0 Å². The predicted octanol–water partition coefficient (Wildman–Crippen LogP) is 8.11. The fraction of sp³-hybridized carbons (Fsp3) is 0.556. The number of pyridine rings is 1. The highest BCUT2D eigenvalue weighted by Gasteiger charge is 2.18. The molecule has 0 spiro atoms. The van der Waals surface area contributed by atoms with Crippen LogP contribution in [-0.4, -0.2) is 29.1 Å². The van der Waals surface area contributed by atoms with Gasteiger partial charge in [0, 0.05) is 23.1 Å². The highest BCUT2D eigenvalue weighted by atomic mass is 32.2. The van der Waals surface area contributed by atoms with E-state index in [0.717, 1.165) is 39.2 Å². The van der Waals surface area contributed by atoms with Crippen LogP contribution in [0.5, 0.6) is 0 Å². The van der Waals surface area contributed by atoms with Crippen molar-refractivity contribution < 1.29 is 4.79 Å². The number of aromatic nitrogens is 1. The zero-order valence-corrected chi connectivity index (χ0v) is 22.8. The predicted molar refractivity (Wildman–Crippen MR) is 146 cm³/mol. The molecule has 0 aliphatic carbocycles. The first kappa shape index (κ1) is 27.6. The quantitative estimate of drug-likeness (QED) is 0.221. The average Bonchev–Trinajstić information content (AvgIpc) is 2.77. The van der Waals surface area contributed by atoms with Gasteiger partial charge in [0.2, 0.25) is 0 Å². The molecule has 0 radical (unpaired) electrons. The van der Waals surface area contributed by atoms with Gasteiger partial charge in [-0.1, -0.05) is 70.2 Å². The molecule has 0 saturated heterocycles. The Morgan fingerprint density at radius 3 is 2.45 bits per heavy atom. The molecule has 1 aromatic heterocycles. The molecule has 6 heteroatoms. The molecular formula is C27H41N3OS2. The van der Waals surface area contributed by atoms with Crippen LogP contribution in [0.1, 0.15) is 81.2 Å². The smallest absolute Gasteiger partial charge is 0.319 e. The molecule has 0 saturated carbocycles. The van der Waals surface area contributed by atoms with E-state index in [9.17, 15) is 4.79 Å². The molecule has 2 aromatic rings. The maximum Gasteiger partial charge on any atom is 0.319 e. The van der Waals surface area contributed by atoms with Gasteiger partial charge in [-0.2, -0.15) is 0 Å². The van der Waals surface area contributed by atoms with Gasteiger partial charge in [-0.05, 0) is 55.9 Å². The number of nitrogens with zero attached hydrogens (tertiary/aromatic N) is 1. The monoisotopic (exact) mass is 487 g/mol. The zero-order chi connectivity index (χ0) is 24.2. The molecule has 1 atom stereocenters. The van der Waals surface area contributed by atoms with Gasteiger partial charge in [-0.3, -0.25) is 0 Å². The Morgan fingerprint density at radius 1 is 1.00 bits per heavy atom. The number of aryl methyl sites for hydroxylation is 3. The van der Waals surface area contributed by atoms with E-state index in [0.29, 0.717) is 12.5 Å². The normalized spacial score (nSPS) is 11.9. The molecule has 0 aliphatic heterocycles. The third-order valence-corrected chi connectivity index (χ3v) is 7.47. The van der Waals surface area contributed by atoms with Gasteiger partial charge in [-0.25, -0.2) is 9.78 Å². The van der Waals surface area contributed by atoms with Gasteiger partial charge >= 0.3 is 6.03 Å². The first-order chi connectivity index (χ1) is 15.9. The summed E-state index contributed by atoms with van der Waals surface area (Å²) in [5.41, 5.74) is 5.74. The molecule has 1 aromatic carbocycles. The van der Waals surface area contributed by atoms with E-state index >= 15 is 0 Å². The van der Waals surface area contributed by atoms with E-state index in [-0.39, 0.29) is 6.03 Å². The van der Waals surface area contributed by atoms with E-state index < -0.39 is 0 Å². The minimum absolute atomic E-state index is 0.152. The Bertz CT molecular complexity index is 874. The van der Waals surface area contributed by atoms with Crippen LogP contribution in [0.2, 0.25) is 0 Å². The van der Waals surface area contributed by atoms with Gasteiger partial charge in [0.1, 0.15) is 5.03 Å². The van der Waals surface area contributed by atoms with E-state index in [2.05, 4.69) is 74.5 Å². The number of hydrogen-bond donors (Lipinski definition) is 2. The van der Waals surface area contributed by atoms with Crippen molar-refractivity contribution in [2.45, 2.75) is 89.5 Å². The minimum atomic E-state index is -0.152. The van der Waals surface area contributed by atoms with Gasteiger partial charge in [0.15, 0.2) is 0 Å². The Balaban J connectivity index is 2.15. The van der Waals surface area contributed by atoms with Crippen LogP contribution in [0.3, 0.4) is 0 Å². The maximum absolute atomic E-state index is 13.0. The SMILES string of the molecule is CCCCCCC(CNC(=O)Nc1c(SCC)cc(C)nc1SCC)c1cc(C)ccc1C. The van der Waals surface area contributed by atoms with E-state index in [4.69, 9.17) is 0 Å². The van der Waals surface area contributed by atoms with E-state index in [1.165, 1.54) is 42.4 Å². The second kappa shape index (κ2) is 14.6. The Hall–Kier alpha value is -1.66. The molecular weight excluding hydrogens is 446 g/mol. The first-order valence-electron chi connectivity index (χ1n) is 12.3. The van der Waals surface area contributed by atoms with Crippen molar-refractivity contribution >= 4 is 35.2 Å². The van der Waals surface area contributed by atoms with Crippen LogP contribution < -0.4 is 10.6 Å². The number of hydrogen-bond acceptors (Lipinski definition) is 4. The number of benzene rings is 1. The van der Waals surface area contributed by atoms with Gasteiger partial charge in [-0.15, -0.1) is 23.5 Å². The number of urea groups is 1. The summed E-state index contributed by atoms with van der Waals surface area (Å²) in [5, 5.41) is 7.20.